The van der Waals surface area contributed by atoms with Crippen LogP contribution in [0.2, 0.25) is 0 Å². The Morgan fingerprint density at radius 3 is 2.60 bits per heavy atom. The van der Waals surface area contributed by atoms with Crippen LogP contribution in [0, 0.1) is 0 Å². The highest BCUT2D eigenvalue weighted by Crippen LogP contribution is 2.32. The number of carbonyl (C=O) groups is 1. The lowest BCUT2D eigenvalue weighted by Gasteiger charge is -2.27. The van der Waals surface area contributed by atoms with Crippen LogP contribution >= 0.6 is 0 Å². The number of hydrogen-bond donors (Lipinski definition) is 1. The number of fused-ring (bicyclic) bond motifs is 1. The van der Waals surface area contributed by atoms with Gasteiger partial charge in [-0.15, -0.1) is 0 Å². The van der Waals surface area contributed by atoms with Gasteiger partial charge in [-0.25, -0.2) is 0 Å². The monoisotopic (exact) mass is 340 g/mol. The fraction of sp³-hybridized carbons (Fsp3) is 0.350. The second-order valence-corrected chi connectivity index (χ2v) is 6.39. The molecule has 0 spiro atoms. The second kappa shape index (κ2) is 8.03. The molecule has 3 rings (SSSR count). The fourth-order valence-electron chi connectivity index (χ4n) is 2.81. The van der Waals surface area contributed by atoms with Gasteiger partial charge in [0.1, 0.15) is 0 Å². The molecular formula is C20H24N2O3. The third kappa shape index (κ3) is 4.51. The maximum atomic E-state index is 12.6. The Morgan fingerprint density at radius 1 is 1.08 bits per heavy atom. The SMILES string of the molecule is CC(C)N(Cc1ccccc1)C(=O)CNCc1ccc2c(c1)OCO2. The molecule has 132 valence electrons. The first-order chi connectivity index (χ1) is 12.1. The van der Waals surface area contributed by atoms with Crippen molar-refractivity contribution in [3.05, 3.63) is 59.7 Å². The summed E-state index contributed by atoms with van der Waals surface area (Å²) in [5.74, 6) is 1.63. The maximum Gasteiger partial charge on any atom is 0.237 e. The molecule has 0 saturated carbocycles. The van der Waals surface area contributed by atoms with Gasteiger partial charge in [-0.05, 0) is 37.1 Å². The standard InChI is InChI=1S/C20H24N2O3/c1-15(2)22(13-16-6-4-3-5-7-16)20(23)12-21-11-17-8-9-18-19(10-17)25-14-24-18/h3-10,15,21H,11-14H2,1-2H3. The summed E-state index contributed by atoms with van der Waals surface area (Å²) in [5, 5.41) is 3.23. The molecule has 1 N–H and O–H groups in total. The van der Waals surface area contributed by atoms with Gasteiger partial charge in [0.25, 0.3) is 0 Å². The Labute approximate surface area is 148 Å². The van der Waals surface area contributed by atoms with Crippen LogP contribution in [0.5, 0.6) is 11.5 Å². The summed E-state index contributed by atoms with van der Waals surface area (Å²) >= 11 is 0. The number of nitrogens with zero attached hydrogens (tertiary/aromatic N) is 1. The van der Waals surface area contributed by atoms with Crippen LogP contribution < -0.4 is 14.8 Å². The first-order valence-electron chi connectivity index (χ1n) is 8.56. The van der Waals surface area contributed by atoms with Crippen LogP contribution in [-0.2, 0) is 17.9 Å². The van der Waals surface area contributed by atoms with Crippen molar-refractivity contribution in [3.63, 3.8) is 0 Å². The Hall–Kier alpha value is -2.53. The van der Waals surface area contributed by atoms with Crippen molar-refractivity contribution in [2.24, 2.45) is 0 Å². The van der Waals surface area contributed by atoms with E-state index in [9.17, 15) is 4.79 Å². The number of carbonyl (C=O) groups excluding carboxylic acids is 1. The van der Waals surface area contributed by atoms with E-state index in [1.807, 2.05) is 67.3 Å². The van der Waals surface area contributed by atoms with Gasteiger partial charge in [-0.3, -0.25) is 4.79 Å². The molecule has 0 radical (unpaired) electrons. The van der Waals surface area contributed by atoms with Crippen molar-refractivity contribution in [3.8, 4) is 11.5 Å². The minimum absolute atomic E-state index is 0.0968. The first-order valence-corrected chi connectivity index (χ1v) is 8.56. The van der Waals surface area contributed by atoms with Crippen LogP contribution in [-0.4, -0.2) is 30.2 Å². The summed E-state index contributed by atoms with van der Waals surface area (Å²) in [4.78, 5) is 14.5. The van der Waals surface area contributed by atoms with Gasteiger partial charge in [0, 0.05) is 19.1 Å². The average molecular weight is 340 g/mol. The zero-order chi connectivity index (χ0) is 17.6. The Balaban J connectivity index is 1.53. The van der Waals surface area contributed by atoms with E-state index in [1.54, 1.807) is 0 Å². The molecule has 0 saturated heterocycles. The third-order valence-corrected chi connectivity index (χ3v) is 4.18. The number of nitrogens with one attached hydrogen (secondary N) is 1. The quantitative estimate of drug-likeness (QED) is 0.842. The highest BCUT2D eigenvalue weighted by atomic mass is 16.7. The number of rotatable bonds is 7. The minimum atomic E-state index is 0.0968. The molecule has 0 aromatic heterocycles. The summed E-state index contributed by atoms with van der Waals surface area (Å²) < 4.78 is 10.7. The summed E-state index contributed by atoms with van der Waals surface area (Å²) in [6.07, 6.45) is 0. The van der Waals surface area contributed by atoms with Gasteiger partial charge in [0.05, 0.1) is 6.54 Å². The van der Waals surface area contributed by atoms with Gasteiger partial charge in [-0.2, -0.15) is 0 Å². The molecule has 25 heavy (non-hydrogen) atoms. The summed E-state index contributed by atoms with van der Waals surface area (Å²) in [7, 11) is 0. The largest absolute Gasteiger partial charge is 0.454 e. The van der Waals surface area contributed by atoms with Gasteiger partial charge < -0.3 is 19.7 Å². The van der Waals surface area contributed by atoms with E-state index in [1.165, 1.54) is 0 Å². The summed E-state index contributed by atoms with van der Waals surface area (Å²) in [6, 6.07) is 16.0. The Bertz CT molecular complexity index is 716. The van der Waals surface area contributed by atoms with Crippen LogP contribution in [0.4, 0.5) is 0 Å². The molecule has 1 aliphatic rings. The number of ether oxygens (including phenoxy) is 2. The van der Waals surface area contributed by atoms with Gasteiger partial charge in [-0.1, -0.05) is 36.4 Å². The zero-order valence-corrected chi connectivity index (χ0v) is 14.7. The van der Waals surface area contributed by atoms with E-state index in [-0.39, 0.29) is 18.7 Å². The smallest absolute Gasteiger partial charge is 0.237 e. The highest BCUT2D eigenvalue weighted by Gasteiger charge is 2.17. The highest BCUT2D eigenvalue weighted by molar-refractivity contribution is 5.78. The van der Waals surface area contributed by atoms with Crippen LogP contribution in [0.15, 0.2) is 48.5 Å². The first kappa shape index (κ1) is 17.3. The third-order valence-electron chi connectivity index (χ3n) is 4.18. The molecule has 5 nitrogen and oxygen atoms in total. The van der Waals surface area contributed by atoms with Gasteiger partial charge in [0.15, 0.2) is 11.5 Å². The summed E-state index contributed by atoms with van der Waals surface area (Å²) in [5.41, 5.74) is 2.21. The van der Waals surface area contributed by atoms with Gasteiger partial charge >= 0.3 is 0 Å². The number of amides is 1. The molecule has 1 heterocycles. The minimum Gasteiger partial charge on any atom is -0.454 e. The molecule has 0 aliphatic carbocycles. The lowest BCUT2D eigenvalue weighted by molar-refractivity contribution is -0.132. The number of hydrogen-bond acceptors (Lipinski definition) is 4. The molecule has 0 atom stereocenters. The zero-order valence-electron chi connectivity index (χ0n) is 14.7. The Morgan fingerprint density at radius 2 is 1.84 bits per heavy atom. The average Bonchev–Trinajstić information content (AvgIpc) is 3.08. The van der Waals surface area contributed by atoms with Crippen LogP contribution in [0.25, 0.3) is 0 Å². The molecule has 2 aromatic carbocycles. The van der Waals surface area contributed by atoms with Crippen molar-refractivity contribution >= 4 is 5.91 Å². The molecule has 1 amide bonds. The fourth-order valence-corrected chi connectivity index (χ4v) is 2.81. The second-order valence-electron chi connectivity index (χ2n) is 6.39. The van der Waals surface area contributed by atoms with Gasteiger partial charge in [0.2, 0.25) is 12.7 Å². The van der Waals surface area contributed by atoms with Crippen LogP contribution in [0.1, 0.15) is 25.0 Å². The molecule has 1 aliphatic heterocycles. The predicted molar refractivity (Wildman–Crippen MR) is 96.4 cm³/mol. The maximum absolute atomic E-state index is 12.6. The molecule has 0 unspecified atom stereocenters. The van der Waals surface area contributed by atoms with Crippen molar-refractivity contribution in [1.29, 1.82) is 0 Å². The van der Waals surface area contributed by atoms with E-state index in [0.717, 1.165) is 22.6 Å². The lowest BCUT2D eigenvalue weighted by atomic mass is 10.2. The van der Waals surface area contributed by atoms with Crippen molar-refractivity contribution in [2.45, 2.75) is 33.0 Å². The van der Waals surface area contributed by atoms with Crippen molar-refractivity contribution in [1.82, 2.24) is 10.2 Å². The van der Waals surface area contributed by atoms with E-state index in [4.69, 9.17) is 9.47 Å². The van der Waals surface area contributed by atoms with Crippen molar-refractivity contribution < 1.29 is 14.3 Å². The van der Waals surface area contributed by atoms with Crippen molar-refractivity contribution in [2.75, 3.05) is 13.3 Å². The van der Waals surface area contributed by atoms with E-state index in [2.05, 4.69) is 5.32 Å². The number of benzene rings is 2. The molecule has 0 fully saturated rings. The molecular weight excluding hydrogens is 316 g/mol. The summed E-state index contributed by atoms with van der Waals surface area (Å²) in [6.45, 7) is 5.90. The normalized spacial score (nSPS) is 12.4. The topological polar surface area (TPSA) is 50.8 Å². The molecule has 5 heteroatoms. The molecule has 0 bridgehead atoms. The van der Waals surface area contributed by atoms with Crippen LogP contribution in [0.3, 0.4) is 0 Å². The Kier molecular flexibility index (Phi) is 5.56. The van der Waals surface area contributed by atoms with E-state index < -0.39 is 0 Å². The molecule has 2 aromatic rings. The van der Waals surface area contributed by atoms with E-state index >= 15 is 0 Å². The lowest BCUT2D eigenvalue weighted by Crippen LogP contribution is -2.41. The predicted octanol–water partition coefficient (Wildman–Crippen LogP) is 2.94. The van der Waals surface area contributed by atoms with E-state index in [0.29, 0.717) is 19.6 Å².